The lowest BCUT2D eigenvalue weighted by atomic mass is 10.0. The number of aliphatic carboxylic acids is 1. The maximum atomic E-state index is 10.5. The average Bonchev–Trinajstić information content (AvgIpc) is 2.22. The van der Waals surface area contributed by atoms with Crippen LogP contribution in [0.25, 0.3) is 0 Å². The zero-order valence-electron chi connectivity index (χ0n) is 7.98. The maximum Gasteiger partial charge on any atom is 0.339 e. The minimum Gasteiger partial charge on any atom is -0.479 e. The molecule has 0 aliphatic rings. The topological polar surface area (TPSA) is 137 Å². The van der Waals surface area contributed by atoms with Crippen molar-refractivity contribution in [3.05, 3.63) is 0 Å². The van der Waals surface area contributed by atoms with Crippen molar-refractivity contribution in [2.45, 2.75) is 24.4 Å². The van der Waals surface area contributed by atoms with E-state index in [2.05, 4.69) is 9.78 Å². The van der Waals surface area contributed by atoms with Crippen LogP contribution in [-0.2, 0) is 14.6 Å². The Bertz CT molecular complexity index is 195. The molecule has 0 aliphatic heterocycles. The summed E-state index contributed by atoms with van der Waals surface area (Å²) >= 11 is 0. The molecule has 4 atom stereocenters. The summed E-state index contributed by atoms with van der Waals surface area (Å²) in [6, 6.07) is 0. The average molecular weight is 226 g/mol. The molecule has 0 unspecified atom stereocenters. The summed E-state index contributed by atoms with van der Waals surface area (Å²) < 4.78 is 0. The van der Waals surface area contributed by atoms with Gasteiger partial charge in [0.2, 0.25) is 6.10 Å². The third-order valence-electron chi connectivity index (χ3n) is 1.68. The van der Waals surface area contributed by atoms with Gasteiger partial charge in [0, 0.05) is 0 Å². The fourth-order valence-corrected chi connectivity index (χ4v) is 0.863. The highest BCUT2D eigenvalue weighted by atomic mass is 17.2. The third-order valence-corrected chi connectivity index (χ3v) is 1.68. The zero-order chi connectivity index (χ0) is 12.0. The summed E-state index contributed by atoms with van der Waals surface area (Å²) in [5.41, 5.74) is 0. The van der Waals surface area contributed by atoms with Crippen LogP contribution < -0.4 is 0 Å². The minimum atomic E-state index is -1.93. The van der Waals surface area contributed by atoms with Gasteiger partial charge in [-0.25, -0.2) is 14.6 Å². The molecule has 8 nitrogen and oxygen atoms in total. The molecule has 0 aromatic carbocycles. The molecular weight excluding hydrogens is 212 g/mol. The molecule has 0 heterocycles. The molecular formula is C7H14O8. The van der Waals surface area contributed by atoms with E-state index >= 15 is 0 Å². The standard InChI is InChI=1S/C7H14O8/c1-14-15-6(7(12)13)5(11)4(10)3(9)2-8/h3-6,8-11H,2H2,1H3,(H,12,13)/t3-,4-,5+,6-/m1/s1. The van der Waals surface area contributed by atoms with Gasteiger partial charge in [0.05, 0.1) is 13.7 Å². The number of rotatable bonds is 7. The lowest BCUT2D eigenvalue weighted by Gasteiger charge is -2.24. The Morgan fingerprint density at radius 2 is 1.80 bits per heavy atom. The van der Waals surface area contributed by atoms with Crippen LogP contribution in [-0.4, -0.2) is 69.6 Å². The molecule has 15 heavy (non-hydrogen) atoms. The van der Waals surface area contributed by atoms with Crippen molar-refractivity contribution in [2.75, 3.05) is 13.7 Å². The lowest BCUT2D eigenvalue weighted by molar-refractivity contribution is -0.322. The second-order valence-corrected chi connectivity index (χ2v) is 2.75. The first-order valence-electron chi connectivity index (χ1n) is 4.03. The largest absolute Gasteiger partial charge is 0.479 e. The van der Waals surface area contributed by atoms with Crippen LogP contribution in [0.1, 0.15) is 0 Å². The highest BCUT2D eigenvalue weighted by molar-refractivity contribution is 5.73. The molecule has 0 amide bonds. The van der Waals surface area contributed by atoms with Gasteiger partial charge in [-0.05, 0) is 0 Å². The molecule has 0 saturated heterocycles. The summed E-state index contributed by atoms with van der Waals surface area (Å²) in [7, 11) is 1.03. The van der Waals surface area contributed by atoms with Gasteiger partial charge < -0.3 is 25.5 Å². The molecule has 0 rings (SSSR count). The second-order valence-electron chi connectivity index (χ2n) is 2.75. The number of aliphatic hydroxyl groups is 4. The van der Waals surface area contributed by atoms with E-state index in [1.165, 1.54) is 0 Å². The Balaban J connectivity index is 4.47. The highest BCUT2D eigenvalue weighted by Gasteiger charge is 2.37. The van der Waals surface area contributed by atoms with E-state index in [1.807, 2.05) is 0 Å². The van der Waals surface area contributed by atoms with Crippen molar-refractivity contribution in [1.82, 2.24) is 0 Å². The van der Waals surface area contributed by atoms with Gasteiger partial charge in [-0.3, -0.25) is 0 Å². The summed E-state index contributed by atoms with van der Waals surface area (Å²) in [5.74, 6) is -1.58. The van der Waals surface area contributed by atoms with Crippen molar-refractivity contribution in [3.8, 4) is 0 Å². The van der Waals surface area contributed by atoms with E-state index in [9.17, 15) is 15.0 Å². The first-order valence-corrected chi connectivity index (χ1v) is 4.03. The van der Waals surface area contributed by atoms with Gasteiger partial charge in [-0.1, -0.05) is 0 Å². The normalized spacial score (nSPS) is 19.3. The fraction of sp³-hybridized carbons (Fsp3) is 0.857. The molecule has 0 saturated carbocycles. The Hall–Kier alpha value is -0.770. The van der Waals surface area contributed by atoms with Crippen LogP contribution in [0.5, 0.6) is 0 Å². The van der Waals surface area contributed by atoms with Crippen molar-refractivity contribution >= 4 is 5.97 Å². The first kappa shape index (κ1) is 14.2. The van der Waals surface area contributed by atoms with Crippen molar-refractivity contribution in [1.29, 1.82) is 0 Å². The number of hydrogen-bond donors (Lipinski definition) is 5. The number of hydrogen-bond acceptors (Lipinski definition) is 7. The molecule has 90 valence electrons. The van der Waals surface area contributed by atoms with Gasteiger partial charge >= 0.3 is 5.97 Å². The van der Waals surface area contributed by atoms with Gasteiger partial charge in [0.25, 0.3) is 0 Å². The van der Waals surface area contributed by atoms with Gasteiger partial charge in [0.1, 0.15) is 18.3 Å². The number of carboxylic acid groups (broad SMARTS) is 1. The monoisotopic (exact) mass is 226 g/mol. The molecule has 8 heteroatoms. The Kier molecular flexibility index (Phi) is 6.32. The SMILES string of the molecule is COO[C@@H](C(=O)O)[C@@H](O)[C@H](O)[C@H](O)CO. The molecule has 0 aromatic heterocycles. The molecule has 0 aliphatic carbocycles. The highest BCUT2D eigenvalue weighted by Crippen LogP contribution is 2.08. The van der Waals surface area contributed by atoms with Crippen LogP contribution in [0.3, 0.4) is 0 Å². The van der Waals surface area contributed by atoms with E-state index in [-0.39, 0.29) is 0 Å². The Labute approximate surface area is 85.2 Å². The molecule has 0 radical (unpaired) electrons. The summed E-state index contributed by atoms with van der Waals surface area (Å²) in [6.45, 7) is -0.822. The smallest absolute Gasteiger partial charge is 0.339 e. The van der Waals surface area contributed by atoms with Gasteiger partial charge in [-0.15, -0.1) is 0 Å². The van der Waals surface area contributed by atoms with E-state index in [1.54, 1.807) is 0 Å². The predicted octanol–water partition coefficient (Wildman–Crippen LogP) is -2.91. The quantitative estimate of drug-likeness (QED) is 0.230. The van der Waals surface area contributed by atoms with Crippen LogP contribution in [0.2, 0.25) is 0 Å². The molecule has 0 bridgehead atoms. The number of carboxylic acids is 1. The van der Waals surface area contributed by atoms with Crippen molar-refractivity contribution in [2.24, 2.45) is 0 Å². The fourth-order valence-electron chi connectivity index (χ4n) is 0.863. The maximum absolute atomic E-state index is 10.5. The van der Waals surface area contributed by atoms with E-state index in [0.717, 1.165) is 7.11 Å². The Morgan fingerprint density at radius 3 is 2.13 bits per heavy atom. The van der Waals surface area contributed by atoms with Crippen molar-refractivity contribution < 1.29 is 40.1 Å². The Morgan fingerprint density at radius 1 is 1.27 bits per heavy atom. The second kappa shape index (κ2) is 6.67. The third kappa shape index (κ3) is 4.08. The number of aliphatic hydroxyl groups excluding tert-OH is 4. The van der Waals surface area contributed by atoms with Crippen LogP contribution in [0.4, 0.5) is 0 Å². The van der Waals surface area contributed by atoms with Crippen LogP contribution in [0, 0.1) is 0 Å². The van der Waals surface area contributed by atoms with Crippen LogP contribution in [0.15, 0.2) is 0 Å². The van der Waals surface area contributed by atoms with E-state index in [4.69, 9.17) is 15.3 Å². The van der Waals surface area contributed by atoms with Crippen molar-refractivity contribution in [3.63, 3.8) is 0 Å². The van der Waals surface area contributed by atoms with Gasteiger partial charge in [-0.2, -0.15) is 0 Å². The molecule has 0 fully saturated rings. The molecule has 0 spiro atoms. The van der Waals surface area contributed by atoms with Gasteiger partial charge in [0.15, 0.2) is 0 Å². The zero-order valence-corrected chi connectivity index (χ0v) is 7.98. The molecule has 0 aromatic rings. The first-order chi connectivity index (χ1) is 6.95. The van der Waals surface area contributed by atoms with E-state index < -0.39 is 37.0 Å². The summed E-state index contributed by atoms with van der Waals surface area (Å²) in [5, 5.41) is 44.4. The van der Waals surface area contributed by atoms with Crippen LogP contribution >= 0.6 is 0 Å². The minimum absolute atomic E-state index is 0.822. The summed E-state index contributed by atoms with van der Waals surface area (Å²) in [4.78, 5) is 18.8. The molecule has 5 N–H and O–H groups in total. The van der Waals surface area contributed by atoms with E-state index in [0.29, 0.717) is 0 Å². The lowest BCUT2D eigenvalue weighted by Crippen LogP contribution is -2.49. The summed E-state index contributed by atoms with van der Waals surface area (Å²) in [6.07, 6.45) is -7.30. The predicted molar refractivity (Wildman–Crippen MR) is 44.6 cm³/mol. The number of carbonyl (C=O) groups is 1.